The van der Waals surface area contributed by atoms with Gasteiger partial charge in [-0.2, -0.15) is 5.10 Å². The van der Waals surface area contributed by atoms with E-state index in [0.717, 1.165) is 31.6 Å². The summed E-state index contributed by atoms with van der Waals surface area (Å²) in [5.41, 5.74) is 0.518. The maximum atomic E-state index is 12.4. The standard InChI is InChI=1S/C12H20N4O2/c1-18-9-12(3-6-13-7-4-12)11(17)14-8-10-2-5-15-16-10/h2,5,13H,3-4,6-9H2,1H3,(H,14,17)(H,15,16). The van der Waals surface area contributed by atoms with Crippen LogP contribution in [0.5, 0.6) is 0 Å². The molecule has 1 amide bonds. The van der Waals surface area contributed by atoms with Crippen molar-refractivity contribution in [1.29, 1.82) is 0 Å². The molecule has 1 aliphatic heterocycles. The number of methoxy groups -OCH3 is 1. The molecule has 18 heavy (non-hydrogen) atoms. The smallest absolute Gasteiger partial charge is 0.228 e. The van der Waals surface area contributed by atoms with Gasteiger partial charge in [-0.1, -0.05) is 0 Å². The van der Waals surface area contributed by atoms with Gasteiger partial charge in [0.2, 0.25) is 5.91 Å². The number of nitrogens with one attached hydrogen (secondary N) is 3. The summed E-state index contributed by atoms with van der Waals surface area (Å²) in [7, 11) is 1.64. The molecule has 2 rings (SSSR count). The fourth-order valence-corrected chi connectivity index (χ4v) is 2.36. The summed E-state index contributed by atoms with van der Waals surface area (Å²) in [6, 6.07) is 1.85. The van der Waals surface area contributed by atoms with Gasteiger partial charge in [0.05, 0.1) is 24.3 Å². The Balaban J connectivity index is 1.95. The van der Waals surface area contributed by atoms with Crippen LogP contribution in [0.3, 0.4) is 0 Å². The Morgan fingerprint density at radius 2 is 2.33 bits per heavy atom. The highest BCUT2D eigenvalue weighted by atomic mass is 16.5. The molecule has 100 valence electrons. The van der Waals surface area contributed by atoms with E-state index in [1.807, 2.05) is 6.07 Å². The van der Waals surface area contributed by atoms with E-state index in [9.17, 15) is 4.79 Å². The number of ether oxygens (including phenoxy) is 1. The van der Waals surface area contributed by atoms with Crippen molar-refractivity contribution in [2.45, 2.75) is 19.4 Å². The molecule has 1 fully saturated rings. The Labute approximate surface area is 106 Å². The number of carbonyl (C=O) groups is 1. The molecule has 0 radical (unpaired) electrons. The Hall–Kier alpha value is -1.40. The molecule has 1 aromatic heterocycles. The lowest BCUT2D eigenvalue weighted by Crippen LogP contribution is -2.50. The number of aromatic nitrogens is 2. The normalized spacial score (nSPS) is 18.5. The molecule has 0 atom stereocenters. The van der Waals surface area contributed by atoms with Crippen LogP contribution in [0.2, 0.25) is 0 Å². The summed E-state index contributed by atoms with van der Waals surface area (Å²) >= 11 is 0. The molecular weight excluding hydrogens is 232 g/mol. The van der Waals surface area contributed by atoms with Gasteiger partial charge in [-0.25, -0.2) is 0 Å². The summed E-state index contributed by atoms with van der Waals surface area (Å²) < 4.78 is 5.23. The van der Waals surface area contributed by atoms with E-state index < -0.39 is 0 Å². The second kappa shape index (κ2) is 5.97. The number of hydrogen-bond donors (Lipinski definition) is 3. The summed E-state index contributed by atoms with van der Waals surface area (Å²) in [4.78, 5) is 12.4. The van der Waals surface area contributed by atoms with Crippen LogP contribution < -0.4 is 10.6 Å². The third kappa shape index (κ3) is 2.88. The Morgan fingerprint density at radius 1 is 1.56 bits per heavy atom. The molecule has 0 unspecified atom stereocenters. The Morgan fingerprint density at radius 3 is 2.94 bits per heavy atom. The van der Waals surface area contributed by atoms with Crippen molar-refractivity contribution in [3.8, 4) is 0 Å². The average Bonchev–Trinajstić information content (AvgIpc) is 2.90. The highest BCUT2D eigenvalue weighted by molar-refractivity contribution is 5.82. The lowest BCUT2D eigenvalue weighted by Gasteiger charge is -2.35. The quantitative estimate of drug-likeness (QED) is 0.691. The van der Waals surface area contributed by atoms with Crippen molar-refractivity contribution in [3.05, 3.63) is 18.0 Å². The van der Waals surface area contributed by atoms with Crippen molar-refractivity contribution in [2.24, 2.45) is 5.41 Å². The van der Waals surface area contributed by atoms with E-state index in [4.69, 9.17) is 4.74 Å². The summed E-state index contributed by atoms with van der Waals surface area (Å²) in [6.45, 7) is 2.68. The first-order valence-corrected chi connectivity index (χ1v) is 6.23. The van der Waals surface area contributed by atoms with Gasteiger partial charge in [0, 0.05) is 13.3 Å². The molecule has 2 heterocycles. The molecule has 1 aliphatic rings. The predicted molar refractivity (Wildman–Crippen MR) is 66.8 cm³/mol. The van der Waals surface area contributed by atoms with Gasteiger partial charge in [0.15, 0.2) is 0 Å². The fraction of sp³-hybridized carbons (Fsp3) is 0.667. The van der Waals surface area contributed by atoms with Gasteiger partial charge in [-0.3, -0.25) is 9.89 Å². The zero-order chi connectivity index (χ0) is 12.8. The molecule has 0 spiro atoms. The molecule has 6 nitrogen and oxygen atoms in total. The van der Waals surface area contributed by atoms with Crippen LogP contribution in [0, 0.1) is 5.41 Å². The van der Waals surface area contributed by atoms with E-state index in [1.165, 1.54) is 0 Å². The van der Waals surface area contributed by atoms with Crippen LogP contribution in [0.25, 0.3) is 0 Å². The first kappa shape index (κ1) is 13.0. The molecular formula is C12H20N4O2. The zero-order valence-electron chi connectivity index (χ0n) is 10.7. The number of piperidine rings is 1. The number of hydrogen-bond acceptors (Lipinski definition) is 4. The number of amides is 1. The van der Waals surface area contributed by atoms with Crippen LogP contribution in [0.15, 0.2) is 12.3 Å². The van der Waals surface area contributed by atoms with Crippen molar-refractivity contribution in [1.82, 2.24) is 20.8 Å². The summed E-state index contributed by atoms with van der Waals surface area (Å²) in [5, 5.41) is 12.9. The van der Waals surface area contributed by atoms with Crippen LogP contribution in [0.4, 0.5) is 0 Å². The number of rotatable bonds is 5. The largest absolute Gasteiger partial charge is 0.384 e. The third-order valence-corrected chi connectivity index (χ3v) is 3.46. The van der Waals surface area contributed by atoms with Gasteiger partial charge in [-0.15, -0.1) is 0 Å². The van der Waals surface area contributed by atoms with E-state index in [-0.39, 0.29) is 11.3 Å². The van der Waals surface area contributed by atoms with E-state index in [1.54, 1.807) is 13.3 Å². The van der Waals surface area contributed by atoms with Gasteiger partial charge in [0.1, 0.15) is 0 Å². The van der Waals surface area contributed by atoms with Gasteiger partial charge >= 0.3 is 0 Å². The van der Waals surface area contributed by atoms with Crippen molar-refractivity contribution >= 4 is 5.91 Å². The lowest BCUT2D eigenvalue weighted by molar-refractivity contribution is -0.136. The van der Waals surface area contributed by atoms with Crippen LogP contribution in [-0.4, -0.2) is 42.9 Å². The molecule has 1 aromatic rings. The van der Waals surface area contributed by atoms with Crippen molar-refractivity contribution in [2.75, 3.05) is 26.8 Å². The third-order valence-electron chi connectivity index (χ3n) is 3.46. The highest BCUT2D eigenvalue weighted by Gasteiger charge is 2.39. The van der Waals surface area contributed by atoms with E-state index in [0.29, 0.717) is 13.2 Å². The minimum Gasteiger partial charge on any atom is -0.384 e. The molecule has 0 aliphatic carbocycles. The maximum absolute atomic E-state index is 12.4. The van der Waals surface area contributed by atoms with Crippen molar-refractivity contribution < 1.29 is 9.53 Å². The fourth-order valence-electron chi connectivity index (χ4n) is 2.36. The molecule has 0 aromatic carbocycles. The van der Waals surface area contributed by atoms with Gasteiger partial charge in [-0.05, 0) is 32.0 Å². The van der Waals surface area contributed by atoms with Crippen LogP contribution in [-0.2, 0) is 16.1 Å². The molecule has 0 bridgehead atoms. The molecule has 1 saturated heterocycles. The number of H-pyrrole nitrogens is 1. The Kier molecular flexibility index (Phi) is 4.33. The minimum absolute atomic E-state index is 0.0699. The first-order chi connectivity index (χ1) is 8.77. The average molecular weight is 252 g/mol. The predicted octanol–water partition coefficient (Wildman–Crippen LogP) is 0.0421. The van der Waals surface area contributed by atoms with Crippen LogP contribution >= 0.6 is 0 Å². The topological polar surface area (TPSA) is 79.0 Å². The van der Waals surface area contributed by atoms with Crippen LogP contribution in [0.1, 0.15) is 18.5 Å². The number of aromatic amines is 1. The highest BCUT2D eigenvalue weighted by Crippen LogP contribution is 2.29. The zero-order valence-corrected chi connectivity index (χ0v) is 10.7. The molecule has 0 saturated carbocycles. The maximum Gasteiger partial charge on any atom is 0.228 e. The minimum atomic E-state index is -0.389. The summed E-state index contributed by atoms with van der Waals surface area (Å²) in [5.74, 6) is 0.0699. The number of carbonyl (C=O) groups excluding carboxylic acids is 1. The van der Waals surface area contributed by atoms with Gasteiger partial charge < -0.3 is 15.4 Å². The van der Waals surface area contributed by atoms with E-state index >= 15 is 0 Å². The second-order valence-electron chi connectivity index (χ2n) is 4.73. The number of nitrogens with zero attached hydrogens (tertiary/aromatic N) is 1. The van der Waals surface area contributed by atoms with Crippen molar-refractivity contribution in [3.63, 3.8) is 0 Å². The summed E-state index contributed by atoms with van der Waals surface area (Å²) in [6.07, 6.45) is 3.31. The Bertz CT molecular complexity index is 366. The monoisotopic (exact) mass is 252 g/mol. The second-order valence-corrected chi connectivity index (χ2v) is 4.73. The lowest BCUT2D eigenvalue weighted by atomic mass is 9.78. The van der Waals surface area contributed by atoms with E-state index in [2.05, 4.69) is 20.8 Å². The van der Waals surface area contributed by atoms with Gasteiger partial charge in [0.25, 0.3) is 0 Å². The first-order valence-electron chi connectivity index (χ1n) is 6.23. The molecule has 3 N–H and O–H groups in total. The SMILES string of the molecule is COCC1(C(=O)NCc2ccn[nH]2)CCNCC1. The molecule has 6 heteroatoms.